The lowest BCUT2D eigenvalue weighted by atomic mass is 10.2. The van der Waals surface area contributed by atoms with Crippen LogP contribution < -0.4 is 11.1 Å². The zero-order chi connectivity index (χ0) is 14.0. The second kappa shape index (κ2) is 5.29. The average Bonchev–Trinajstić information content (AvgIpc) is 2.54. The number of hydrogen-bond acceptors (Lipinski definition) is 4. The van der Waals surface area contributed by atoms with Crippen molar-refractivity contribution >= 4 is 17.5 Å². The maximum absolute atomic E-state index is 12.5. The van der Waals surface area contributed by atoms with E-state index in [1.54, 1.807) is 7.05 Å². The maximum Gasteiger partial charge on any atom is 0.274 e. The van der Waals surface area contributed by atoms with Crippen LogP contribution in [0.2, 0.25) is 0 Å². The summed E-state index contributed by atoms with van der Waals surface area (Å²) in [6, 6.07) is 0. The summed E-state index contributed by atoms with van der Waals surface area (Å²) in [5, 5.41) is 6.97. The van der Waals surface area contributed by atoms with Gasteiger partial charge in [0.05, 0.1) is 17.9 Å². The molecule has 7 nitrogen and oxygen atoms in total. The highest BCUT2D eigenvalue weighted by Crippen LogP contribution is 2.19. The van der Waals surface area contributed by atoms with Crippen LogP contribution in [0.5, 0.6) is 0 Å². The number of hydrogen-bond donors (Lipinski definition) is 2. The highest BCUT2D eigenvalue weighted by atomic mass is 16.2. The molecule has 0 bridgehead atoms. The third kappa shape index (κ3) is 2.54. The van der Waals surface area contributed by atoms with Crippen molar-refractivity contribution in [2.75, 3.05) is 25.4 Å². The molecule has 104 valence electrons. The van der Waals surface area contributed by atoms with E-state index in [4.69, 9.17) is 5.73 Å². The molecule has 7 heteroatoms. The lowest BCUT2D eigenvalue weighted by Crippen LogP contribution is -2.38. The molecule has 0 aliphatic carbocycles. The summed E-state index contributed by atoms with van der Waals surface area (Å²) in [5.74, 6) is -0.369. The van der Waals surface area contributed by atoms with Crippen LogP contribution in [0.4, 0.5) is 5.69 Å². The highest BCUT2D eigenvalue weighted by molar-refractivity contribution is 5.99. The van der Waals surface area contributed by atoms with Crippen LogP contribution in [0, 0.1) is 0 Å². The Morgan fingerprint density at radius 2 is 2.26 bits per heavy atom. The largest absolute Gasteiger partial charge is 0.395 e. The van der Waals surface area contributed by atoms with Crippen molar-refractivity contribution < 1.29 is 9.59 Å². The number of nitrogens with one attached hydrogen (secondary N) is 1. The van der Waals surface area contributed by atoms with E-state index in [1.165, 1.54) is 9.58 Å². The Labute approximate surface area is 111 Å². The number of carbonyl (C=O) groups is 2. The van der Waals surface area contributed by atoms with Crippen molar-refractivity contribution in [1.29, 1.82) is 0 Å². The molecule has 3 N–H and O–H groups in total. The first-order chi connectivity index (χ1) is 9.04. The Balaban J connectivity index is 2.28. The predicted octanol–water partition coefficient (Wildman–Crippen LogP) is -0.473. The summed E-state index contributed by atoms with van der Waals surface area (Å²) in [5.41, 5.74) is 7.46. The van der Waals surface area contributed by atoms with Gasteiger partial charge >= 0.3 is 0 Å². The molecule has 1 saturated heterocycles. The van der Waals surface area contributed by atoms with Gasteiger partial charge in [-0.15, -0.1) is 0 Å². The van der Waals surface area contributed by atoms with Gasteiger partial charge in [0.2, 0.25) is 5.91 Å². The van der Waals surface area contributed by atoms with E-state index < -0.39 is 0 Å². The fourth-order valence-corrected chi connectivity index (χ4v) is 2.24. The average molecular weight is 265 g/mol. The lowest BCUT2D eigenvalue weighted by molar-refractivity contribution is -0.121. The molecule has 1 aromatic rings. The van der Waals surface area contributed by atoms with Crippen LogP contribution in [0.15, 0.2) is 0 Å². The van der Waals surface area contributed by atoms with Crippen LogP contribution in [-0.4, -0.2) is 46.1 Å². The number of aromatic nitrogens is 2. The number of anilines is 1. The molecule has 0 saturated carbocycles. The van der Waals surface area contributed by atoms with Crippen LogP contribution >= 0.6 is 0 Å². The quantitative estimate of drug-likeness (QED) is 0.755. The van der Waals surface area contributed by atoms with Crippen LogP contribution in [-0.2, 0) is 18.3 Å². The monoisotopic (exact) mass is 265 g/mol. The molecule has 0 spiro atoms. The van der Waals surface area contributed by atoms with Gasteiger partial charge in [0.25, 0.3) is 5.91 Å². The van der Waals surface area contributed by atoms with E-state index in [1.807, 2.05) is 6.92 Å². The Morgan fingerprint density at radius 1 is 1.53 bits per heavy atom. The van der Waals surface area contributed by atoms with Crippen molar-refractivity contribution in [2.24, 2.45) is 7.05 Å². The zero-order valence-electron chi connectivity index (χ0n) is 11.3. The molecule has 1 aliphatic rings. The summed E-state index contributed by atoms with van der Waals surface area (Å²) in [6.07, 6.45) is 1.42. The minimum Gasteiger partial charge on any atom is -0.395 e. The predicted molar refractivity (Wildman–Crippen MR) is 70.5 cm³/mol. The molecule has 0 aromatic carbocycles. The van der Waals surface area contributed by atoms with E-state index in [-0.39, 0.29) is 18.4 Å². The Kier molecular flexibility index (Phi) is 3.73. The van der Waals surface area contributed by atoms with E-state index in [2.05, 4.69) is 10.4 Å². The number of rotatable bonds is 2. The molecule has 0 atom stereocenters. The molecule has 0 radical (unpaired) electrons. The highest BCUT2D eigenvalue weighted by Gasteiger charge is 2.26. The lowest BCUT2D eigenvalue weighted by Gasteiger charge is -2.19. The van der Waals surface area contributed by atoms with E-state index in [0.29, 0.717) is 36.6 Å². The van der Waals surface area contributed by atoms with E-state index >= 15 is 0 Å². The van der Waals surface area contributed by atoms with Gasteiger partial charge in [-0.1, -0.05) is 6.92 Å². The fraction of sp³-hybridized carbons (Fsp3) is 0.583. The molecule has 2 rings (SSSR count). The number of nitrogens with zero attached hydrogens (tertiary/aromatic N) is 3. The molecule has 19 heavy (non-hydrogen) atoms. The molecular weight excluding hydrogens is 246 g/mol. The third-order valence-electron chi connectivity index (χ3n) is 3.25. The standard InChI is InChI=1S/C12H19N5O2/c1-3-8-10(13)11(16(2)15-8)12(19)17-6-4-5-14-9(18)7-17/h3-7,13H2,1-2H3,(H,14,18). The maximum atomic E-state index is 12.5. The molecule has 1 fully saturated rings. The number of nitrogens with two attached hydrogens (primary N) is 1. The summed E-state index contributed by atoms with van der Waals surface area (Å²) >= 11 is 0. The van der Waals surface area contributed by atoms with Crippen LogP contribution in [0.3, 0.4) is 0 Å². The van der Waals surface area contributed by atoms with Crippen LogP contribution in [0.25, 0.3) is 0 Å². The third-order valence-corrected chi connectivity index (χ3v) is 3.25. The second-order valence-corrected chi connectivity index (χ2v) is 4.62. The van der Waals surface area contributed by atoms with Crippen molar-refractivity contribution in [3.63, 3.8) is 0 Å². The van der Waals surface area contributed by atoms with Crippen molar-refractivity contribution in [3.8, 4) is 0 Å². The van der Waals surface area contributed by atoms with Gasteiger partial charge in [-0.25, -0.2) is 0 Å². The van der Waals surface area contributed by atoms with Gasteiger partial charge in [0, 0.05) is 20.1 Å². The van der Waals surface area contributed by atoms with Gasteiger partial charge in [0.1, 0.15) is 5.69 Å². The molecular formula is C12H19N5O2. The van der Waals surface area contributed by atoms with Crippen LogP contribution in [0.1, 0.15) is 29.5 Å². The normalized spacial score (nSPS) is 16.1. The topological polar surface area (TPSA) is 93.2 Å². The van der Waals surface area contributed by atoms with Crippen molar-refractivity contribution in [2.45, 2.75) is 19.8 Å². The summed E-state index contributed by atoms with van der Waals surface area (Å²) < 4.78 is 1.50. The minimum absolute atomic E-state index is 0.0743. The summed E-state index contributed by atoms with van der Waals surface area (Å²) in [7, 11) is 1.70. The minimum atomic E-state index is -0.232. The molecule has 1 aromatic heterocycles. The molecule has 0 unspecified atom stereocenters. The zero-order valence-corrected chi connectivity index (χ0v) is 11.3. The number of carbonyl (C=O) groups excluding carboxylic acids is 2. The molecule has 2 amide bonds. The Morgan fingerprint density at radius 3 is 2.89 bits per heavy atom. The van der Waals surface area contributed by atoms with Gasteiger partial charge in [-0.2, -0.15) is 5.10 Å². The van der Waals surface area contributed by atoms with E-state index in [0.717, 1.165) is 6.42 Å². The first-order valence-corrected chi connectivity index (χ1v) is 6.42. The number of amides is 2. The Bertz CT molecular complexity index is 508. The second-order valence-electron chi connectivity index (χ2n) is 4.62. The number of aryl methyl sites for hydroxylation is 2. The first kappa shape index (κ1) is 13.4. The molecule has 2 heterocycles. The SMILES string of the molecule is CCc1nn(C)c(C(=O)N2CCCNC(=O)C2)c1N. The van der Waals surface area contributed by atoms with Gasteiger partial charge < -0.3 is 16.0 Å². The van der Waals surface area contributed by atoms with Crippen molar-refractivity contribution in [1.82, 2.24) is 20.0 Å². The Hall–Kier alpha value is -2.05. The molecule has 1 aliphatic heterocycles. The summed E-state index contributed by atoms with van der Waals surface area (Å²) in [6.45, 7) is 3.16. The van der Waals surface area contributed by atoms with Crippen molar-refractivity contribution in [3.05, 3.63) is 11.4 Å². The van der Waals surface area contributed by atoms with E-state index in [9.17, 15) is 9.59 Å². The number of nitrogen functional groups attached to an aromatic ring is 1. The fourth-order valence-electron chi connectivity index (χ4n) is 2.24. The van der Waals surface area contributed by atoms with Gasteiger partial charge in [-0.05, 0) is 12.8 Å². The first-order valence-electron chi connectivity index (χ1n) is 6.42. The summed E-state index contributed by atoms with van der Waals surface area (Å²) in [4.78, 5) is 25.5. The smallest absolute Gasteiger partial charge is 0.274 e. The van der Waals surface area contributed by atoms with Gasteiger partial charge in [0.15, 0.2) is 0 Å². The van der Waals surface area contributed by atoms with Gasteiger partial charge in [-0.3, -0.25) is 14.3 Å².